The van der Waals surface area contributed by atoms with Crippen LogP contribution in [0.15, 0.2) is 45.6 Å². The number of nitro benzene ring substituents is 1. The van der Waals surface area contributed by atoms with Gasteiger partial charge in [-0.3, -0.25) is 10.1 Å². The minimum absolute atomic E-state index is 0.0305. The molecule has 9 heteroatoms. The van der Waals surface area contributed by atoms with Crippen LogP contribution in [0.3, 0.4) is 0 Å². The predicted octanol–water partition coefficient (Wildman–Crippen LogP) is 3.60. The van der Waals surface area contributed by atoms with Crippen molar-refractivity contribution in [2.75, 3.05) is 5.73 Å². The molecule has 2 N–H and O–H groups in total. The molecule has 0 aliphatic carbocycles. The van der Waals surface area contributed by atoms with E-state index in [-0.39, 0.29) is 17.9 Å². The Hall–Kier alpha value is -3.39. The van der Waals surface area contributed by atoms with E-state index in [4.69, 9.17) is 26.5 Å². The molecular formula is C18H13ClN2O6. The van der Waals surface area contributed by atoms with E-state index in [1.165, 1.54) is 18.2 Å². The summed E-state index contributed by atoms with van der Waals surface area (Å²) in [5.41, 5.74) is 5.88. The van der Waals surface area contributed by atoms with E-state index >= 15 is 0 Å². The molecule has 138 valence electrons. The summed E-state index contributed by atoms with van der Waals surface area (Å²) in [7, 11) is 0. The summed E-state index contributed by atoms with van der Waals surface area (Å²) in [6, 6.07) is 8.05. The van der Waals surface area contributed by atoms with Crippen LogP contribution in [-0.2, 0) is 11.3 Å². The summed E-state index contributed by atoms with van der Waals surface area (Å²) in [4.78, 5) is 34.2. The van der Waals surface area contributed by atoms with Crippen LogP contribution >= 0.6 is 11.6 Å². The van der Waals surface area contributed by atoms with Crippen molar-refractivity contribution in [3.63, 3.8) is 0 Å². The van der Waals surface area contributed by atoms with Crippen molar-refractivity contribution in [1.82, 2.24) is 0 Å². The first-order valence-electron chi connectivity index (χ1n) is 7.70. The Kier molecular flexibility index (Phi) is 4.83. The zero-order chi connectivity index (χ0) is 19.7. The minimum atomic E-state index is -0.794. The summed E-state index contributed by atoms with van der Waals surface area (Å²) < 4.78 is 10.3. The van der Waals surface area contributed by atoms with Crippen molar-refractivity contribution < 1.29 is 18.9 Å². The zero-order valence-corrected chi connectivity index (χ0v) is 14.8. The number of nitro groups is 1. The second-order valence-electron chi connectivity index (χ2n) is 5.80. The Labute approximate surface area is 157 Å². The molecule has 0 unspecified atom stereocenters. The Bertz CT molecular complexity index is 1140. The van der Waals surface area contributed by atoms with E-state index in [2.05, 4.69) is 0 Å². The lowest BCUT2D eigenvalue weighted by Gasteiger charge is -2.09. The lowest BCUT2D eigenvalue weighted by molar-refractivity contribution is -0.383. The summed E-state index contributed by atoms with van der Waals surface area (Å²) in [6.45, 7) is 1.53. The highest BCUT2D eigenvalue weighted by Crippen LogP contribution is 2.26. The standard InChI is InChI=1S/C18H13ClN2O6/c1-9-4-16-12(7-13(9)19)11(6-17(22)27-16)8-26-18(23)10-2-3-14(20)15(5-10)21(24)25/h2-7H,8,20H2,1H3. The molecule has 8 nitrogen and oxygen atoms in total. The van der Waals surface area contributed by atoms with E-state index in [0.29, 0.717) is 21.6 Å². The van der Waals surface area contributed by atoms with Crippen molar-refractivity contribution >= 4 is 39.9 Å². The third-order valence-electron chi connectivity index (χ3n) is 3.93. The molecule has 0 amide bonds. The lowest BCUT2D eigenvalue weighted by atomic mass is 10.1. The maximum Gasteiger partial charge on any atom is 0.338 e. The number of benzene rings is 2. The number of halogens is 1. The number of hydrogen-bond acceptors (Lipinski definition) is 7. The van der Waals surface area contributed by atoms with Gasteiger partial charge >= 0.3 is 11.6 Å². The van der Waals surface area contributed by atoms with Crippen LogP contribution in [0.1, 0.15) is 21.5 Å². The fourth-order valence-electron chi connectivity index (χ4n) is 2.52. The number of rotatable bonds is 4. The number of anilines is 1. The van der Waals surface area contributed by atoms with Crippen LogP contribution in [-0.4, -0.2) is 10.9 Å². The molecule has 1 aromatic heterocycles. The molecule has 2 aromatic carbocycles. The highest BCUT2D eigenvalue weighted by Gasteiger charge is 2.17. The molecule has 0 aliphatic rings. The average molecular weight is 389 g/mol. The second-order valence-corrected chi connectivity index (χ2v) is 6.20. The number of fused-ring (bicyclic) bond motifs is 1. The van der Waals surface area contributed by atoms with E-state index in [1.54, 1.807) is 19.1 Å². The van der Waals surface area contributed by atoms with Crippen LogP contribution < -0.4 is 11.4 Å². The number of nitrogens with zero attached hydrogens (tertiary/aromatic N) is 1. The first kappa shape index (κ1) is 18.4. The quantitative estimate of drug-likeness (QED) is 0.238. The van der Waals surface area contributed by atoms with Gasteiger partial charge in [0.25, 0.3) is 5.69 Å². The van der Waals surface area contributed by atoms with E-state index < -0.39 is 22.2 Å². The van der Waals surface area contributed by atoms with Gasteiger partial charge in [-0.15, -0.1) is 0 Å². The van der Waals surface area contributed by atoms with Crippen LogP contribution in [0, 0.1) is 17.0 Å². The predicted molar refractivity (Wildman–Crippen MR) is 98.9 cm³/mol. The van der Waals surface area contributed by atoms with E-state index in [1.807, 2.05) is 0 Å². The van der Waals surface area contributed by atoms with Gasteiger partial charge in [0, 0.05) is 28.1 Å². The van der Waals surface area contributed by atoms with Gasteiger partial charge in [0.05, 0.1) is 10.5 Å². The molecule has 0 fully saturated rings. The molecule has 0 saturated heterocycles. The smallest absolute Gasteiger partial charge is 0.338 e. The molecule has 0 spiro atoms. The van der Waals surface area contributed by atoms with Gasteiger partial charge in [-0.05, 0) is 36.8 Å². The molecule has 0 saturated carbocycles. The topological polar surface area (TPSA) is 126 Å². The van der Waals surface area contributed by atoms with E-state index in [0.717, 1.165) is 11.6 Å². The molecule has 0 radical (unpaired) electrons. The Morgan fingerprint density at radius 3 is 2.74 bits per heavy atom. The molecule has 1 heterocycles. The second kappa shape index (κ2) is 7.08. The molecule has 0 aliphatic heterocycles. The van der Waals surface area contributed by atoms with Crippen molar-refractivity contribution in [1.29, 1.82) is 0 Å². The average Bonchev–Trinajstić information content (AvgIpc) is 2.61. The molecular weight excluding hydrogens is 376 g/mol. The summed E-state index contributed by atoms with van der Waals surface area (Å²) >= 11 is 6.12. The SMILES string of the molecule is Cc1cc2oc(=O)cc(COC(=O)c3ccc(N)c([N+](=O)[O-])c3)c2cc1Cl. The first-order valence-corrected chi connectivity index (χ1v) is 8.08. The molecule has 0 bridgehead atoms. The van der Waals surface area contributed by atoms with Gasteiger partial charge in [0.15, 0.2) is 0 Å². The number of ether oxygens (including phenoxy) is 1. The van der Waals surface area contributed by atoms with Gasteiger partial charge in [-0.2, -0.15) is 0 Å². The van der Waals surface area contributed by atoms with E-state index in [9.17, 15) is 19.7 Å². The van der Waals surface area contributed by atoms with Crippen LogP contribution in [0.2, 0.25) is 5.02 Å². The van der Waals surface area contributed by atoms with Gasteiger partial charge in [0.2, 0.25) is 0 Å². The molecule has 3 aromatic rings. The fourth-order valence-corrected chi connectivity index (χ4v) is 2.69. The number of aryl methyl sites for hydroxylation is 1. The van der Waals surface area contributed by atoms with Crippen LogP contribution in [0.5, 0.6) is 0 Å². The Morgan fingerprint density at radius 2 is 2.04 bits per heavy atom. The normalized spacial score (nSPS) is 10.7. The van der Waals surface area contributed by atoms with Crippen LogP contribution in [0.25, 0.3) is 11.0 Å². The van der Waals surface area contributed by atoms with Gasteiger partial charge < -0.3 is 14.9 Å². The van der Waals surface area contributed by atoms with Gasteiger partial charge in [-0.1, -0.05) is 11.6 Å². The third kappa shape index (κ3) is 3.75. The maximum absolute atomic E-state index is 12.2. The number of carbonyl (C=O) groups is 1. The monoisotopic (exact) mass is 388 g/mol. The van der Waals surface area contributed by atoms with Crippen molar-refractivity contribution in [3.05, 3.63) is 78.6 Å². The minimum Gasteiger partial charge on any atom is -0.457 e. The number of carbonyl (C=O) groups excluding carboxylic acids is 1. The number of esters is 1. The Morgan fingerprint density at radius 1 is 1.30 bits per heavy atom. The zero-order valence-electron chi connectivity index (χ0n) is 14.0. The lowest BCUT2D eigenvalue weighted by Crippen LogP contribution is -2.09. The van der Waals surface area contributed by atoms with Crippen molar-refractivity contribution in [2.45, 2.75) is 13.5 Å². The number of nitrogen functional groups attached to an aromatic ring is 1. The number of hydrogen-bond donors (Lipinski definition) is 1. The summed E-state index contributed by atoms with van der Waals surface area (Å²) in [5, 5.41) is 11.9. The summed E-state index contributed by atoms with van der Waals surface area (Å²) in [5.74, 6) is -0.794. The first-order chi connectivity index (χ1) is 12.8. The third-order valence-corrected chi connectivity index (χ3v) is 4.34. The maximum atomic E-state index is 12.2. The Balaban J connectivity index is 1.90. The summed E-state index contributed by atoms with van der Waals surface area (Å²) in [6.07, 6.45) is 0. The van der Waals surface area contributed by atoms with Gasteiger partial charge in [0.1, 0.15) is 17.9 Å². The molecule has 3 rings (SSSR count). The van der Waals surface area contributed by atoms with Crippen LogP contribution in [0.4, 0.5) is 11.4 Å². The molecule has 0 atom stereocenters. The van der Waals surface area contributed by atoms with Crippen molar-refractivity contribution in [2.24, 2.45) is 0 Å². The molecule has 27 heavy (non-hydrogen) atoms. The van der Waals surface area contributed by atoms with Gasteiger partial charge in [-0.25, -0.2) is 9.59 Å². The highest BCUT2D eigenvalue weighted by atomic mass is 35.5. The largest absolute Gasteiger partial charge is 0.457 e. The van der Waals surface area contributed by atoms with Crippen molar-refractivity contribution in [3.8, 4) is 0 Å². The highest BCUT2D eigenvalue weighted by molar-refractivity contribution is 6.32. The fraction of sp³-hybridized carbons (Fsp3) is 0.111. The number of nitrogens with two attached hydrogens (primary N) is 1.